The Hall–Kier alpha value is -0.490. The molecule has 1 aromatic rings. The second-order valence-electron chi connectivity index (χ2n) is 5.51. The summed E-state index contributed by atoms with van der Waals surface area (Å²) >= 11 is 11.4. The number of aromatic nitrogens is 1. The molecule has 0 bridgehead atoms. The molecule has 1 aliphatic carbocycles. The zero-order valence-electron chi connectivity index (χ0n) is 11.3. The fourth-order valence-electron chi connectivity index (χ4n) is 3.10. The average molecular weight is 338 g/mol. The van der Waals surface area contributed by atoms with Crippen molar-refractivity contribution in [1.82, 2.24) is 4.98 Å². The zero-order valence-corrected chi connectivity index (χ0v) is 12.8. The number of halogens is 4. The predicted molar refractivity (Wildman–Crippen MR) is 74.7 cm³/mol. The maximum Gasteiger partial charge on any atom is 0.276 e. The van der Waals surface area contributed by atoms with Crippen LogP contribution in [0.15, 0.2) is 12.1 Å². The Morgan fingerprint density at radius 1 is 1.10 bits per heavy atom. The molecule has 7 heteroatoms. The molecule has 1 saturated carbocycles. The van der Waals surface area contributed by atoms with Gasteiger partial charge in [-0.15, -0.1) is 0 Å². The van der Waals surface area contributed by atoms with E-state index < -0.39 is 17.6 Å². The standard InChI is InChI=1S/C14H15Cl2F2NO2/c15-11-7-10(8-12(16)19-11)14(17,18)9-1-3-13(4-2-9)20-5-6-21-13/h7-9H,1-6H2. The third kappa shape index (κ3) is 3.02. The predicted octanol–water partition coefficient (Wildman–Crippen LogP) is 4.41. The molecule has 1 aromatic heterocycles. The van der Waals surface area contributed by atoms with Crippen molar-refractivity contribution in [3.05, 3.63) is 28.0 Å². The largest absolute Gasteiger partial charge is 0.348 e. The van der Waals surface area contributed by atoms with E-state index in [2.05, 4.69) is 4.98 Å². The van der Waals surface area contributed by atoms with Gasteiger partial charge in [0.25, 0.3) is 5.92 Å². The number of hydrogen-bond donors (Lipinski definition) is 0. The number of hydrogen-bond acceptors (Lipinski definition) is 3. The van der Waals surface area contributed by atoms with Crippen LogP contribution in [0.4, 0.5) is 8.78 Å². The molecule has 2 fully saturated rings. The molecule has 2 heterocycles. The topological polar surface area (TPSA) is 31.4 Å². The van der Waals surface area contributed by atoms with Crippen LogP contribution in [0, 0.1) is 5.92 Å². The van der Waals surface area contributed by atoms with Gasteiger partial charge in [-0.3, -0.25) is 0 Å². The van der Waals surface area contributed by atoms with Gasteiger partial charge >= 0.3 is 0 Å². The average Bonchev–Trinajstić information content (AvgIpc) is 2.86. The molecule has 0 unspecified atom stereocenters. The third-order valence-electron chi connectivity index (χ3n) is 4.22. The van der Waals surface area contributed by atoms with Crippen LogP contribution < -0.4 is 0 Å². The summed E-state index contributed by atoms with van der Waals surface area (Å²) < 4.78 is 40.4. The van der Waals surface area contributed by atoms with Gasteiger partial charge in [0.1, 0.15) is 10.3 Å². The second kappa shape index (κ2) is 5.61. The van der Waals surface area contributed by atoms with Crippen molar-refractivity contribution in [3.63, 3.8) is 0 Å². The molecular formula is C14H15Cl2F2NO2. The summed E-state index contributed by atoms with van der Waals surface area (Å²) in [5.41, 5.74) is -0.179. The van der Waals surface area contributed by atoms with Crippen LogP contribution >= 0.6 is 23.2 Å². The van der Waals surface area contributed by atoms with Crippen molar-refractivity contribution < 1.29 is 18.3 Å². The highest BCUT2D eigenvalue weighted by Crippen LogP contribution is 2.48. The zero-order chi connectivity index (χ0) is 15.1. The molecule has 0 aromatic carbocycles. The van der Waals surface area contributed by atoms with E-state index in [9.17, 15) is 8.78 Å². The van der Waals surface area contributed by atoms with Crippen molar-refractivity contribution in [3.8, 4) is 0 Å². The first-order valence-electron chi connectivity index (χ1n) is 6.91. The lowest BCUT2D eigenvalue weighted by molar-refractivity contribution is -0.199. The highest BCUT2D eigenvalue weighted by atomic mass is 35.5. The van der Waals surface area contributed by atoms with E-state index in [0.717, 1.165) is 0 Å². The maximum atomic E-state index is 14.7. The Bertz CT molecular complexity index is 505. The Balaban J connectivity index is 1.76. The lowest BCUT2D eigenvalue weighted by Gasteiger charge is -2.38. The maximum absolute atomic E-state index is 14.7. The van der Waals surface area contributed by atoms with Gasteiger partial charge in [0.05, 0.1) is 13.2 Å². The van der Waals surface area contributed by atoms with Crippen LogP contribution in [0.25, 0.3) is 0 Å². The SMILES string of the molecule is FC(F)(c1cc(Cl)nc(Cl)c1)C1CCC2(CC1)OCCO2. The first-order chi connectivity index (χ1) is 9.91. The van der Waals surface area contributed by atoms with E-state index in [-0.39, 0.29) is 15.9 Å². The van der Waals surface area contributed by atoms with Gasteiger partial charge in [-0.2, -0.15) is 0 Å². The molecule has 116 valence electrons. The van der Waals surface area contributed by atoms with Crippen molar-refractivity contribution in [1.29, 1.82) is 0 Å². The minimum absolute atomic E-state index is 0.0214. The van der Waals surface area contributed by atoms with Crippen molar-refractivity contribution in [2.45, 2.75) is 37.4 Å². The molecule has 3 rings (SSSR count). The van der Waals surface area contributed by atoms with Crippen LogP contribution in [-0.2, 0) is 15.4 Å². The highest BCUT2D eigenvalue weighted by Gasteiger charge is 2.48. The van der Waals surface area contributed by atoms with Gasteiger partial charge in [-0.1, -0.05) is 23.2 Å². The van der Waals surface area contributed by atoms with Crippen molar-refractivity contribution in [2.24, 2.45) is 5.92 Å². The molecule has 21 heavy (non-hydrogen) atoms. The van der Waals surface area contributed by atoms with E-state index in [1.54, 1.807) is 0 Å². The molecule has 1 spiro atoms. The first-order valence-corrected chi connectivity index (χ1v) is 7.66. The third-order valence-corrected chi connectivity index (χ3v) is 4.61. The molecule has 0 amide bonds. The molecule has 0 N–H and O–H groups in total. The summed E-state index contributed by atoms with van der Waals surface area (Å²) in [6.07, 6.45) is 1.65. The number of alkyl halides is 2. The number of rotatable bonds is 2. The van der Waals surface area contributed by atoms with Gasteiger partial charge in [0.2, 0.25) is 0 Å². The number of nitrogens with zero attached hydrogens (tertiary/aromatic N) is 1. The molecule has 1 aliphatic heterocycles. The fourth-order valence-corrected chi connectivity index (χ4v) is 3.56. The van der Waals surface area contributed by atoms with Crippen LogP contribution in [0.2, 0.25) is 10.3 Å². The summed E-state index contributed by atoms with van der Waals surface area (Å²) in [6.45, 7) is 1.08. The Morgan fingerprint density at radius 2 is 1.62 bits per heavy atom. The van der Waals surface area contributed by atoms with Crippen LogP contribution in [0.3, 0.4) is 0 Å². The van der Waals surface area contributed by atoms with E-state index in [1.807, 2.05) is 0 Å². The summed E-state index contributed by atoms with van der Waals surface area (Å²) in [5.74, 6) is -4.40. The van der Waals surface area contributed by atoms with Gasteiger partial charge in [0.15, 0.2) is 5.79 Å². The number of pyridine rings is 1. The van der Waals surface area contributed by atoms with E-state index >= 15 is 0 Å². The van der Waals surface area contributed by atoms with E-state index in [0.29, 0.717) is 38.9 Å². The smallest absolute Gasteiger partial charge is 0.276 e. The Morgan fingerprint density at radius 3 is 2.14 bits per heavy atom. The van der Waals surface area contributed by atoms with Gasteiger partial charge in [-0.25, -0.2) is 13.8 Å². The van der Waals surface area contributed by atoms with Crippen LogP contribution in [0.5, 0.6) is 0 Å². The molecule has 3 nitrogen and oxygen atoms in total. The lowest BCUT2D eigenvalue weighted by Crippen LogP contribution is -2.39. The molecular weight excluding hydrogens is 323 g/mol. The van der Waals surface area contributed by atoms with Crippen molar-refractivity contribution >= 4 is 23.2 Å². The Kier molecular flexibility index (Phi) is 4.12. The van der Waals surface area contributed by atoms with Gasteiger partial charge < -0.3 is 9.47 Å². The van der Waals surface area contributed by atoms with Crippen molar-refractivity contribution in [2.75, 3.05) is 13.2 Å². The van der Waals surface area contributed by atoms with Crippen LogP contribution in [0.1, 0.15) is 31.2 Å². The summed E-state index contributed by atoms with van der Waals surface area (Å²) in [4.78, 5) is 3.71. The van der Waals surface area contributed by atoms with Gasteiger partial charge in [-0.05, 0) is 25.0 Å². The lowest BCUT2D eigenvalue weighted by atomic mass is 9.79. The molecule has 2 aliphatic rings. The summed E-state index contributed by atoms with van der Waals surface area (Å²) in [5, 5.41) is -0.0428. The second-order valence-corrected chi connectivity index (χ2v) is 6.28. The molecule has 0 radical (unpaired) electrons. The minimum atomic E-state index is -2.99. The first kappa shape index (κ1) is 15.4. The monoisotopic (exact) mass is 337 g/mol. The fraction of sp³-hybridized carbons (Fsp3) is 0.643. The summed E-state index contributed by atoms with van der Waals surface area (Å²) in [7, 11) is 0. The van der Waals surface area contributed by atoms with E-state index in [4.69, 9.17) is 32.7 Å². The van der Waals surface area contributed by atoms with E-state index in [1.165, 1.54) is 12.1 Å². The van der Waals surface area contributed by atoms with Gasteiger partial charge in [0, 0.05) is 24.3 Å². The normalized spacial score (nSPS) is 22.9. The Labute approximate surface area is 131 Å². The van der Waals surface area contributed by atoms with Crippen LogP contribution in [-0.4, -0.2) is 24.0 Å². The minimum Gasteiger partial charge on any atom is -0.348 e. The molecule has 1 saturated heterocycles. The quantitative estimate of drug-likeness (QED) is 0.749. The number of ether oxygens (including phenoxy) is 2. The summed E-state index contributed by atoms with van der Waals surface area (Å²) in [6, 6.07) is 2.36. The highest BCUT2D eigenvalue weighted by molar-refractivity contribution is 6.32. The molecule has 0 atom stereocenters.